The van der Waals surface area contributed by atoms with E-state index in [1.807, 2.05) is 6.92 Å². The molecule has 1 aromatic rings. The summed E-state index contributed by atoms with van der Waals surface area (Å²) < 4.78 is 5.49. The molecule has 20 heavy (non-hydrogen) atoms. The van der Waals surface area contributed by atoms with Gasteiger partial charge in [0.25, 0.3) is 0 Å². The Bertz CT molecular complexity index is 404. The molecule has 0 saturated heterocycles. The molecule has 0 radical (unpaired) electrons. The molecule has 0 heterocycles. The van der Waals surface area contributed by atoms with E-state index in [-0.39, 0.29) is 0 Å². The molecule has 3 nitrogen and oxygen atoms in total. The smallest absolute Gasteiger partial charge is 0.0593 e. The van der Waals surface area contributed by atoms with E-state index in [1.165, 1.54) is 24.0 Å². The van der Waals surface area contributed by atoms with Gasteiger partial charge in [-0.1, -0.05) is 31.2 Å². The Hall–Kier alpha value is -0.900. The van der Waals surface area contributed by atoms with E-state index in [4.69, 9.17) is 10.5 Å². The van der Waals surface area contributed by atoms with Gasteiger partial charge in [0.15, 0.2) is 0 Å². The number of ether oxygens (including phenoxy) is 1. The zero-order valence-corrected chi connectivity index (χ0v) is 12.8. The Labute approximate surface area is 123 Å². The molecule has 1 aliphatic carbocycles. The summed E-state index contributed by atoms with van der Waals surface area (Å²) in [4.78, 5) is 2.42. The predicted octanol–water partition coefficient (Wildman–Crippen LogP) is 2.92. The minimum Gasteiger partial charge on any atom is -0.380 e. The molecule has 0 amide bonds. The fraction of sp³-hybridized carbons (Fsp3) is 0.647. The lowest BCUT2D eigenvalue weighted by Gasteiger charge is -2.30. The van der Waals surface area contributed by atoms with E-state index in [0.717, 1.165) is 32.2 Å². The second-order valence-corrected chi connectivity index (χ2v) is 5.52. The van der Waals surface area contributed by atoms with Crippen molar-refractivity contribution in [2.75, 3.05) is 32.8 Å². The van der Waals surface area contributed by atoms with E-state index in [0.29, 0.717) is 12.6 Å². The first kappa shape index (κ1) is 15.5. The highest BCUT2D eigenvalue weighted by Crippen LogP contribution is 2.40. The van der Waals surface area contributed by atoms with Crippen LogP contribution in [0, 0.1) is 0 Å². The maximum atomic E-state index is 6.04. The first-order valence-electron chi connectivity index (χ1n) is 7.91. The Morgan fingerprint density at radius 2 is 2.15 bits per heavy atom. The lowest BCUT2D eigenvalue weighted by Crippen LogP contribution is -2.36. The van der Waals surface area contributed by atoms with Crippen molar-refractivity contribution < 1.29 is 4.74 Å². The second kappa shape index (κ2) is 7.77. The van der Waals surface area contributed by atoms with Crippen LogP contribution in [0.15, 0.2) is 24.3 Å². The van der Waals surface area contributed by atoms with Crippen molar-refractivity contribution in [3.8, 4) is 0 Å². The molecule has 3 heteroatoms. The molecule has 1 atom stereocenters. The van der Waals surface area contributed by atoms with Crippen LogP contribution in [0.1, 0.15) is 49.8 Å². The molecule has 112 valence electrons. The summed E-state index contributed by atoms with van der Waals surface area (Å²) in [5, 5.41) is 0. The first-order valence-corrected chi connectivity index (χ1v) is 7.91. The lowest BCUT2D eigenvalue weighted by atomic mass is 10.0. The number of nitrogens with zero attached hydrogens (tertiary/aromatic N) is 1. The van der Waals surface area contributed by atoms with Crippen molar-refractivity contribution in [1.29, 1.82) is 0 Å². The van der Waals surface area contributed by atoms with Gasteiger partial charge < -0.3 is 10.5 Å². The number of nitrogens with two attached hydrogens (primary N) is 1. The molecule has 1 fully saturated rings. The van der Waals surface area contributed by atoms with Crippen LogP contribution in [0.5, 0.6) is 0 Å². The number of hydrogen-bond donors (Lipinski definition) is 1. The van der Waals surface area contributed by atoms with Crippen molar-refractivity contribution in [3.63, 3.8) is 0 Å². The molecule has 1 unspecified atom stereocenters. The van der Waals surface area contributed by atoms with Crippen LogP contribution in [0.25, 0.3) is 0 Å². The van der Waals surface area contributed by atoms with Crippen molar-refractivity contribution in [2.45, 2.75) is 38.6 Å². The highest BCUT2D eigenvalue weighted by atomic mass is 16.5. The number of rotatable bonds is 9. The Kier molecular flexibility index (Phi) is 6.02. The Balaban J connectivity index is 2.06. The van der Waals surface area contributed by atoms with Gasteiger partial charge >= 0.3 is 0 Å². The van der Waals surface area contributed by atoms with Crippen LogP contribution in [0.4, 0.5) is 0 Å². The van der Waals surface area contributed by atoms with Crippen LogP contribution < -0.4 is 5.73 Å². The van der Waals surface area contributed by atoms with Gasteiger partial charge in [0.1, 0.15) is 0 Å². The normalized spacial score (nSPS) is 16.6. The summed E-state index contributed by atoms with van der Waals surface area (Å²) in [5.74, 6) is 0.798. The van der Waals surface area contributed by atoms with Crippen LogP contribution in [-0.2, 0) is 4.74 Å². The van der Waals surface area contributed by atoms with Crippen LogP contribution >= 0.6 is 0 Å². The summed E-state index contributed by atoms with van der Waals surface area (Å²) in [7, 11) is 0. The quantitative estimate of drug-likeness (QED) is 0.705. The van der Waals surface area contributed by atoms with Crippen molar-refractivity contribution in [3.05, 3.63) is 35.4 Å². The van der Waals surface area contributed by atoms with Gasteiger partial charge in [0.05, 0.1) is 6.61 Å². The van der Waals surface area contributed by atoms with E-state index >= 15 is 0 Å². The molecule has 0 spiro atoms. The van der Waals surface area contributed by atoms with Crippen LogP contribution in [0.3, 0.4) is 0 Å². The van der Waals surface area contributed by atoms with Gasteiger partial charge in [-0.25, -0.2) is 0 Å². The van der Waals surface area contributed by atoms with E-state index in [2.05, 4.69) is 36.1 Å². The number of likely N-dealkylation sites (N-methyl/N-ethyl adjacent to an activating group) is 1. The highest BCUT2D eigenvalue weighted by molar-refractivity contribution is 5.31. The summed E-state index contributed by atoms with van der Waals surface area (Å²) >= 11 is 0. The molecule has 0 bridgehead atoms. The summed E-state index contributed by atoms with van der Waals surface area (Å²) in [6.07, 6.45) is 2.69. The fourth-order valence-electron chi connectivity index (χ4n) is 2.79. The van der Waals surface area contributed by atoms with Crippen molar-refractivity contribution in [2.24, 2.45) is 5.73 Å². The monoisotopic (exact) mass is 276 g/mol. The average molecular weight is 276 g/mol. The van der Waals surface area contributed by atoms with E-state index in [9.17, 15) is 0 Å². The zero-order valence-electron chi connectivity index (χ0n) is 12.8. The number of hydrogen-bond acceptors (Lipinski definition) is 3. The van der Waals surface area contributed by atoms with Crippen LogP contribution in [0.2, 0.25) is 0 Å². The fourth-order valence-corrected chi connectivity index (χ4v) is 2.79. The molecular weight excluding hydrogens is 248 g/mol. The summed E-state index contributed by atoms with van der Waals surface area (Å²) in [6.45, 7) is 8.40. The van der Waals surface area contributed by atoms with Crippen molar-refractivity contribution >= 4 is 0 Å². The van der Waals surface area contributed by atoms with E-state index in [1.54, 1.807) is 0 Å². The lowest BCUT2D eigenvalue weighted by molar-refractivity contribution is 0.0980. The van der Waals surface area contributed by atoms with Crippen molar-refractivity contribution in [1.82, 2.24) is 4.90 Å². The van der Waals surface area contributed by atoms with Gasteiger partial charge in [0, 0.05) is 25.7 Å². The third-order valence-electron chi connectivity index (χ3n) is 4.14. The minimum atomic E-state index is 0.305. The number of benzene rings is 1. The SMILES string of the molecule is CCOCCN(CC)C(CN)c1cccc(C2CC2)c1. The molecule has 0 aromatic heterocycles. The van der Waals surface area contributed by atoms with Gasteiger partial charge in [-0.2, -0.15) is 0 Å². The minimum absolute atomic E-state index is 0.305. The highest BCUT2D eigenvalue weighted by Gasteiger charge is 2.25. The molecule has 0 aliphatic heterocycles. The van der Waals surface area contributed by atoms with Gasteiger partial charge in [-0.15, -0.1) is 0 Å². The third-order valence-corrected chi connectivity index (χ3v) is 4.14. The molecule has 2 rings (SSSR count). The Morgan fingerprint density at radius 3 is 2.75 bits per heavy atom. The zero-order chi connectivity index (χ0) is 14.4. The topological polar surface area (TPSA) is 38.5 Å². The molecular formula is C17H28N2O. The van der Waals surface area contributed by atoms with E-state index < -0.39 is 0 Å². The maximum Gasteiger partial charge on any atom is 0.0593 e. The maximum absolute atomic E-state index is 6.04. The second-order valence-electron chi connectivity index (χ2n) is 5.52. The summed E-state index contributed by atoms with van der Waals surface area (Å²) in [5.41, 5.74) is 8.89. The average Bonchev–Trinajstić information content (AvgIpc) is 3.31. The van der Waals surface area contributed by atoms with Gasteiger partial charge in [-0.3, -0.25) is 4.90 Å². The van der Waals surface area contributed by atoms with Gasteiger partial charge in [-0.05, 0) is 43.4 Å². The van der Waals surface area contributed by atoms with Gasteiger partial charge in [0.2, 0.25) is 0 Å². The standard InChI is InChI=1S/C17H28N2O/c1-3-19(10-11-20-4-2)17(13-18)16-7-5-6-15(12-16)14-8-9-14/h5-7,12,14,17H,3-4,8-11,13,18H2,1-2H3. The molecule has 1 aromatic carbocycles. The molecule has 1 saturated carbocycles. The first-order chi connectivity index (χ1) is 9.80. The molecule has 1 aliphatic rings. The largest absolute Gasteiger partial charge is 0.380 e. The predicted molar refractivity (Wildman–Crippen MR) is 84.0 cm³/mol. The Morgan fingerprint density at radius 1 is 1.35 bits per heavy atom. The van der Waals surface area contributed by atoms with Crippen LogP contribution in [-0.4, -0.2) is 37.7 Å². The molecule has 2 N–H and O–H groups in total. The third kappa shape index (κ3) is 4.05. The summed E-state index contributed by atoms with van der Waals surface area (Å²) in [6, 6.07) is 9.32.